The molecule has 1 aromatic heterocycles. The van der Waals surface area contributed by atoms with Crippen LogP contribution < -0.4 is 5.32 Å². The molecule has 5 nitrogen and oxygen atoms in total. The summed E-state index contributed by atoms with van der Waals surface area (Å²) in [7, 11) is 0. The molecule has 5 heteroatoms. The Morgan fingerprint density at radius 1 is 1.29 bits per heavy atom. The molecule has 2 heterocycles. The van der Waals surface area contributed by atoms with Crippen LogP contribution in [0.1, 0.15) is 19.4 Å². The zero-order valence-corrected chi connectivity index (χ0v) is 14.3. The summed E-state index contributed by atoms with van der Waals surface area (Å²) in [5.41, 5.74) is 2.40. The van der Waals surface area contributed by atoms with Crippen LogP contribution in [-0.2, 0) is 4.74 Å². The third kappa shape index (κ3) is 3.50. The van der Waals surface area contributed by atoms with Gasteiger partial charge < -0.3 is 10.1 Å². The third-order valence-electron chi connectivity index (χ3n) is 4.67. The molecule has 0 bridgehead atoms. The van der Waals surface area contributed by atoms with Crippen LogP contribution in [0.2, 0.25) is 0 Å². The summed E-state index contributed by atoms with van der Waals surface area (Å²) in [6.07, 6.45) is 1.66. The minimum absolute atomic E-state index is 0.410. The molecule has 1 atom stereocenters. The topological polar surface area (TPSA) is 61.2 Å². The van der Waals surface area contributed by atoms with Crippen molar-refractivity contribution in [2.24, 2.45) is 5.92 Å². The van der Waals surface area contributed by atoms with Crippen LogP contribution in [0.25, 0.3) is 10.9 Å². The van der Waals surface area contributed by atoms with Crippen molar-refractivity contribution in [3.63, 3.8) is 0 Å². The summed E-state index contributed by atoms with van der Waals surface area (Å²) in [5, 5.41) is 14.0. The molecule has 1 fully saturated rings. The van der Waals surface area contributed by atoms with E-state index in [4.69, 9.17) is 4.74 Å². The molecule has 2 aromatic rings. The second kappa shape index (κ2) is 7.61. The lowest BCUT2D eigenvalue weighted by Gasteiger charge is -2.37. The first-order valence-electron chi connectivity index (χ1n) is 8.54. The Balaban J connectivity index is 1.84. The maximum Gasteiger partial charge on any atom is 0.103 e. The average Bonchev–Trinajstić information content (AvgIpc) is 2.62. The van der Waals surface area contributed by atoms with Crippen molar-refractivity contribution in [1.29, 1.82) is 5.26 Å². The summed E-state index contributed by atoms with van der Waals surface area (Å²) >= 11 is 0. The van der Waals surface area contributed by atoms with Gasteiger partial charge in [-0.3, -0.25) is 9.88 Å². The number of benzene rings is 1. The highest BCUT2D eigenvalue weighted by Gasteiger charge is 2.24. The number of rotatable bonds is 5. The number of morpholine rings is 1. The largest absolute Gasteiger partial charge is 0.382 e. The van der Waals surface area contributed by atoms with E-state index in [1.807, 2.05) is 24.3 Å². The Morgan fingerprint density at radius 2 is 2.04 bits per heavy atom. The molecule has 1 saturated heterocycles. The van der Waals surface area contributed by atoms with Crippen molar-refractivity contribution in [3.8, 4) is 6.07 Å². The molecule has 1 aliphatic rings. The van der Waals surface area contributed by atoms with Crippen LogP contribution in [0, 0.1) is 17.2 Å². The number of hydrogen-bond acceptors (Lipinski definition) is 5. The molecular formula is C19H24N4O. The van der Waals surface area contributed by atoms with E-state index in [1.165, 1.54) is 0 Å². The number of aromatic nitrogens is 1. The van der Waals surface area contributed by atoms with Gasteiger partial charge in [0.15, 0.2) is 0 Å². The lowest BCUT2D eigenvalue weighted by molar-refractivity contribution is 0.00955. The van der Waals surface area contributed by atoms with Crippen LogP contribution in [0.15, 0.2) is 30.5 Å². The van der Waals surface area contributed by atoms with E-state index in [1.54, 1.807) is 6.20 Å². The molecule has 0 saturated carbocycles. The molecule has 0 amide bonds. The van der Waals surface area contributed by atoms with Gasteiger partial charge in [0.1, 0.15) is 6.07 Å². The fraction of sp³-hybridized carbons (Fsp3) is 0.474. The summed E-state index contributed by atoms with van der Waals surface area (Å²) in [4.78, 5) is 6.86. The van der Waals surface area contributed by atoms with E-state index in [2.05, 4.69) is 35.1 Å². The van der Waals surface area contributed by atoms with Crippen molar-refractivity contribution in [2.45, 2.75) is 19.9 Å². The molecule has 126 valence electrons. The van der Waals surface area contributed by atoms with E-state index in [-0.39, 0.29) is 0 Å². The molecule has 1 aliphatic heterocycles. The maximum atomic E-state index is 9.44. The van der Waals surface area contributed by atoms with Gasteiger partial charge >= 0.3 is 0 Å². The SMILES string of the molecule is CC(C)C(CNc1c(C#N)cnc2ccccc12)N1CCOCC1. The van der Waals surface area contributed by atoms with Gasteiger partial charge in [0.25, 0.3) is 0 Å². The molecule has 0 radical (unpaired) electrons. The highest BCUT2D eigenvalue weighted by molar-refractivity contribution is 5.93. The van der Waals surface area contributed by atoms with Gasteiger partial charge in [-0.2, -0.15) is 5.26 Å². The predicted octanol–water partition coefficient (Wildman–Crippen LogP) is 2.88. The second-order valence-electron chi connectivity index (χ2n) is 6.52. The number of nitrogens with one attached hydrogen (secondary N) is 1. The first-order valence-corrected chi connectivity index (χ1v) is 8.54. The normalized spacial score (nSPS) is 16.9. The predicted molar refractivity (Wildman–Crippen MR) is 96.0 cm³/mol. The summed E-state index contributed by atoms with van der Waals surface area (Å²) in [6.45, 7) is 8.82. The number of nitriles is 1. The van der Waals surface area contributed by atoms with Crippen LogP contribution >= 0.6 is 0 Å². The van der Waals surface area contributed by atoms with Crippen molar-refractivity contribution in [2.75, 3.05) is 38.2 Å². The van der Waals surface area contributed by atoms with E-state index >= 15 is 0 Å². The Morgan fingerprint density at radius 3 is 2.75 bits per heavy atom. The smallest absolute Gasteiger partial charge is 0.103 e. The van der Waals surface area contributed by atoms with Crippen LogP contribution in [0.5, 0.6) is 0 Å². The average molecular weight is 324 g/mol. The van der Waals surface area contributed by atoms with Crippen molar-refractivity contribution in [3.05, 3.63) is 36.0 Å². The first-order chi connectivity index (χ1) is 11.7. The zero-order chi connectivity index (χ0) is 16.9. The molecule has 0 aliphatic carbocycles. The molecule has 1 aromatic carbocycles. The van der Waals surface area contributed by atoms with Gasteiger partial charge in [-0.05, 0) is 12.0 Å². The van der Waals surface area contributed by atoms with Gasteiger partial charge in [-0.25, -0.2) is 0 Å². The highest BCUT2D eigenvalue weighted by Crippen LogP contribution is 2.26. The standard InChI is InChI=1S/C19H24N4O/c1-14(2)18(23-7-9-24-10-8-23)13-22-19-15(11-20)12-21-17-6-4-3-5-16(17)19/h3-6,12,14,18H,7-10,13H2,1-2H3,(H,21,22). The minimum atomic E-state index is 0.410. The summed E-state index contributed by atoms with van der Waals surface area (Å²) in [6, 6.07) is 10.6. The van der Waals surface area contributed by atoms with Crippen molar-refractivity contribution in [1.82, 2.24) is 9.88 Å². The Kier molecular flexibility index (Phi) is 5.29. The number of hydrogen-bond donors (Lipinski definition) is 1. The number of fused-ring (bicyclic) bond motifs is 1. The van der Waals surface area contributed by atoms with Crippen molar-refractivity contribution < 1.29 is 4.74 Å². The van der Waals surface area contributed by atoms with E-state index in [9.17, 15) is 5.26 Å². The van der Waals surface area contributed by atoms with Crippen molar-refractivity contribution >= 4 is 16.6 Å². The number of nitrogens with zero attached hydrogens (tertiary/aromatic N) is 3. The lowest BCUT2D eigenvalue weighted by atomic mass is 10.0. The molecule has 0 spiro atoms. The lowest BCUT2D eigenvalue weighted by Crippen LogP contribution is -2.49. The first kappa shape index (κ1) is 16.7. The van der Waals surface area contributed by atoms with Crippen LogP contribution in [0.4, 0.5) is 5.69 Å². The number of pyridine rings is 1. The van der Waals surface area contributed by atoms with E-state index in [0.29, 0.717) is 17.5 Å². The quantitative estimate of drug-likeness (QED) is 0.916. The van der Waals surface area contributed by atoms with Gasteiger partial charge in [0.2, 0.25) is 0 Å². The monoisotopic (exact) mass is 324 g/mol. The number of anilines is 1. The Bertz CT molecular complexity index is 732. The summed E-state index contributed by atoms with van der Waals surface area (Å²) < 4.78 is 5.47. The van der Waals surface area contributed by atoms with Gasteiger partial charge in [-0.15, -0.1) is 0 Å². The Labute approximate surface area is 143 Å². The molecule has 24 heavy (non-hydrogen) atoms. The third-order valence-corrected chi connectivity index (χ3v) is 4.67. The van der Waals surface area contributed by atoms with Crippen LogP contribution in [-0.4, -0.2) is 48.8 Å². The Hall–Kier alpha value is -2.16. The fourth-order valence-electron chi connectivity index (χ4n) is 3.32. The zero-order valence-electron chi connectivity index (χ0n) is 14.3. The van der Waals surface area contributed by atoms with Gasteiger partial charge in [-0.1, -0.05) is 32.0 Å². The molecule has 1 N–H and O–H groups in total. The molecule has 3 rings (SSSR count). The van der Waals surface area contributed by atoms with E-state index < -0.39 is 0 Å². The van der Waals surface area contributed by atoms with E-state index in [0.717, 1.165) is 49.4 Å². The molecule has 1 unspecified atom stereocenters. The maximum absolute atomic E-state index is 9.44. The minimum Gasteiger partial charge on any atom is -0.382 e. The fourth-order valence-corrected chi connectivity index (χ4v) is 3.32. The molecular weight excluding hydrogens is 300 g/mol. The van der Waals surface area contributed by atoms with Gasteiger partial charge in [0.05, 0.1) is 30.0 Å². The second-order valence-corrected chi connectivity index (χ2v) is 6.52. The number of ether oxygens (including phenoxy) is 1. The number of para-hydroxylation sites is 1. The summed E-state index contributed by atoms with van der Waals surface area (Å²) in [5.74, 6) is 0.522. The van der Waals surface area contributed by atoms with Gasteiger partial charge in [0, 0.05) is 37.3 Å². The highest BCUT2D eigenvalue weighted by atomic mass is 16.5. The van der Waals surface area contributed by atoms with Crippen LogP contribution in [0.3, 0.4) is 0 Å².